The van der Waals surface area contributed by atoms with Crippen LogP contribution < -0.4 is 10.9 Å². The summed E-state index contributed by atoms with van der Waals surface area (Å²) in [6, 6.07) is 8.00. The van der Waals surface area contributed by atoms with Gasteiger partial charge in [-0.05, 0) is 37.0 Å². The molecular formula is C19H22N4O2. The van der Waals surface area contributed by atoms with Crippen LogP contribution in [0.5, 0.6) is 0 Å². The summed E-state index contributed by atoms with van der Waals surface area (Å²) in [4.78, 5) is 12.3. The maximum atomic E-state index is 12.3. The molecule has 3 heterocycles. The number of hydrogen-bond donors (Lipinski definition) is 1. The summed E-state index contributed by atoms with van der Waals surface area (Å²) in [6.45, 7) is 2.19. The highest BCUT2D eigenvalue weighted by atomic mass is 16.3. The van der Waals surface area contributed by atoms with Gasteiger partial charge in [0.2, 0.25) is 0 Å². The number of aromatic nitrogens is 3. The standard InChI is InChI=1S/C19H22N4O2/c24-19-5-2-16-12-17(20-13-15-6-11-25-14-15)3-4-18(16)23(19)10-9-22-8-1-7-21-22/h1-2,5-8,11,14,17,20H,3-4,9-10,12-13H2/t17-/m0/s1. The Balaban J connectivity index is 1.45. The number of hydrogen-bond acceptors (Lipinski definition) is 4. The molecule has 4 rings (SSSR count). The highest BCUT2D eigenvalue weighted by Gasteiger charge is 2.21. The topological polar surface area (TPSA) is 65.0 Å². The zero-order valence-electron chi connectivity index (χ0n) is 14.1. The molecule has 1 atom stereocenters. The lowest BCUT2D eigenvalue weighted by molar-refractivity contribution is 0.430. The van der Waals surface area contributed by atoms with Gasteiger partial charge in [0.15, 0.2) is 0 Å². The molecular weight excluding hydrogens is 316 g/mol. The van der Waals surface area contributed by atoms with E-state index in [4.69, 9.17) is 4.42 Å². The molecule has 25 heavy (non-hydrogen) atoms. The molecule has 3 aromatic heterocycles. The van der Waals surface area contributed by atoms with Crippen molar-refractivity contribution in [3.63, 3.8) is 0 Å². The second-order valence-electron chi connectivity index (χ2n) is 6.52. The van der Waals surface area contributed by atoms with Gasteiger partial charge >= 0.3 is 0 Å². The first-order valence-corrected chi connectivity index (χ1v) is 8.73. The van der Waals surface area contributed by atoms with Crippen LogP contribution in [0, 0.1) is 0 Å². The molecule has 0 spiro atoms. The van der Waals surface area contributed by atoms with Crippen LogP contribution in [-0.4, -0.2) is 20.4 Å². The lowest BCUT2D eigenvalue weighted by Gasteiger charge is -2.27. The van der Waals surface area contributed by atoms with Crippen LogP contribution in [-0.2, 0) is 32.5 Å². The van der Waals surface area contributed by atoms with E-state index in [2.05, 4.69) is 10.4 Å². The SMILES string of the molecule is O=c1ccc2c(n1CCn1cccn1)CC[C@H](NCc1ccoc1)C2. The summed E-state index contributed by atoms with van der Waals surface area (Å²) in [5.74, 6) is 0. The molecule has 0 amide bonds. The van der Waals surface area contributed by atoms with Crippen molar-refractivity contribution >= 4 is 0 Å². The Morgan fingerprint density at radius 2 is 2.24 bits per heavy atom. The smallest absolute Gasteiger partial charge is 0.250 e. The van der Waals surface area contributed by atoms with Crippen molar-refractivity contribution in [1.29, 1.82) is 0 Å². The van der Waals surface area contributed by atoms with Gasteiger partial charge in [-0.25, -0.2) is 0 Å². The van der Waals surface area contributed by atoms with Crippen molar-refractivity contribution in [3.05, 3.63) is 76.4 Å². The number of fused-ring (bicyclic) bond motifs is 1. The van der Waals surface area contributed by atoms with Gasteiger partial charge in [0.05, 0.1) is 19.1 Å². The maximum Gasteiger partial charge on any atom is 0.250 e. The van der Waals surface area contributed by atoms with Gasteiger partial charge in [-0.15, -0.1) is 0 Å². The molecule has 0 aliphatic heterocycles. The number of pyridine rings is 1. The van der Waals surface area contributed by atoms with Crippen molar-refractivity contribution in [2.24, 2.45) is 0 Å². The summed E-state index contributed by atoms with van der Waals surface area (Å²) in [7, 11) is 0. The van der Waals surface area contributed by atoms with Crippen molar-refractivity contribution in [2.45, 2.75) is 44.9 Å². The Labute approximate surface area is 146 Å². The van der Waals surface area contributed by atoms with Gasteiger partial charge in [0.1, 0.15) is 0 Å². The normalized spacial score (nSPS) is 16.7. The van der Waals surface area contributed by atoms with E-state index in [0.29, 0.717) is 19.1 Å². The first-order chi connectivity index (χ1) is 12.3. The molecule has 0 bridgehead atoms. The summed E-state index contributed by atoms with van der Waals surface area (Å²) >= 11 is 0. The molecule has 1 aliphatic carbocycles. The van der Waals surface area contributed by atoms with Crippen LogP contribution in [0.2, 0.25) is 0 Å². The zero-order chi connectivity index (χ0) is 17.1. The summed E-state index contributed by atoms with van der Waals surface area (Å²) in [5.41, 5.74) is 3.70. The zero-order valence-corrected chi connectivity index (χ0v) is 14.1. The Morgan fingerprint density at radius 3 is 3.04 bits per heavy atom. The Bertz CT molecular complexity index is 865. The molecule has 1 aliphatic rings. The molecule has 0 radical (unpaired) electrons. The van der Waals surface area contributed by atoms with E-state index in [-0.39, 0.29) is 5.56 Å². The first-order valence-electron chi connectivity index (χ1n) is 8.73. The largest absolute Gasteiger partial charge is 0.472 e. The van der Waals surface area contributed by atoms with E-state index < -0.39 is 0 Å². The Morgan fingerprint density at radius 1 is 1.28 bits per heavy atom. The molecule has 3 aromatic rings. The lowest BCUT2D eigenvalue weighted by Crippen LogP contribution is -2.37. The number of nitrogens with one attached hydrogen (secondary N) is 1. The summed E-state index contributed by atoms with van der Waals surface area (Å²) in [6.07, 6.45) is 10.1. The van der Waals surface area contributed by atoms with Crippen molar-refractivity contribution in [1.82, 2.24) is 19.7 Å². The van der Waals surface area contributed by atoms with E-state index in [1.807, 2.05) is 33.6 Å². The van der Waals surface area contributed by atoms with Crippen LogP contribution in [0.1, 0.15) is 23.2 Å². The average molecular weight is 338 g/mol. The Hall–Kier alpha value is -2.60. The Kier molecular flexibility index (Phi) is 4.52. The van der Waals surface area contributed by atoms with Crippen LogP contribution >= 0.6 is 0 Å². The first kappa shape index (κ1) is 15.9. The maximum absolute atomic E-state index is 12.3. The van der Waals surface area contributed by atoms with Crippen LogP contribution in [0.4, 0.5) is 0 Å². The van der Waals surface area contributed by atoms with Gasteiger partial charge in [-0.2, -0.15) is 5.10 Å². The predicted molar refractivity (Wildman–Crippen MR) is 94.3 cm³/mol. The van der Waals surface area contributed by atoms with Gasteiger partial charge < -0.3 is 14.3 Å². The number of aryl methyl sites for hydroxylation is 1. The van der Waals surface area contributed by atoms with Gasteiger partial charge in [0.25, 0.3) is 5.56 Å². The molecule has 130 valence electrons. The monoisotopic (exact) mass is 338 g/mol. The van der Waals surface area contributed by atoms with E-state index >= 15 is 0 Å². The highest BCUT2D eigenvalue weighted by Crippen LogP contribution is 2.20. The molecule has 0 saturated heterocycles. The lowest BCUT2D eigenvalue weighted by atomic mass is 9.91. The molecule has 0 fully saturated rings. The molecule has 0 unspecified atom stereocenters. The molecule has 1 N–H and O–H groups in total. The van der Waals surface area contributed by atoms with E-state index in [1.165, 1.54) is 11.3 Å². The van der Waals surface area contributed by atoms with Gasteiger partial charge in [-0.1, -0.05) is 6.07 Å². The van der Waals surface area contributed by atoms with Crippen molar-refractivity contribution < 1.29 is 4.42 Å². The molecule has 6 heteroatoms. The molecule has 0 aromatic carbocycles. The third-order valence-corrected chi connectivity index (χ3v) is 4.87. The van der Waals surface area contributed by atoms with Crippen molar-refractivity contribution in [2.75, 3.05) is 0 Å². The second-order valence-corrected chi connectivity index (χ2v) is 6.52. The number of rotatable bonds is 6. The minimum Gasteiger partial charge on any atom is -0.472 e. The summed E-state index contributed by atoms with van der Waals surface area (Å²) in [5, 5.41) is 7.81. The van der Waals surface area contributed by atoms with E-state index in [1.54, 1.807) is 24.8 Å². The second kappa shape index (κ2) is 7.11. The number of furan rings is 1. The average Bonchev–Trinajstić information content (AvgIpc) is 3.33. The molecule has 6 nitrogen and oxygen atoms in total. The van der Waals surface area contributed by atoms with Gasteiger partial charge in [-0.3, -0.25) is 9.48 Å². The predicted octanol–water partition coefficient (Wildman–Crippen LogP) is 1.99. The van der Waals surface area contributed by atoms with E-state index in [0.717, 1.165) is 31.4 Å². The van der Waals surface area contributed by atoms with Crippen molar-refractivity contribution in [3.8, 4) is 0 Å². The van der Waals surface area contributed by atoms with Crippen LogP contribution in [0.3, 0.4) is 0 Å². The third kappa shape index (κ3) is 3.58. The van der Waals surface area contributed by atoms with Crippen LogP contribution in [0.15, 0.2) is 58.4 Å². The fraction of sp³-hybridized carbons (Fsp3) is 0.368. The quantitative estimate of drug-likeness (QED) is 0.746. The summed E-state index contributed by atoms with van der Waals surface area (Å²) < 4.78 is 8.90. The third-order valence-electron chi connectivity index (χ3n) is 4.87. The minimum absolute atomic E-state index is 0.0794. The van der Waals surface area contributed by atoms with E-state index in [9.17, 15) is 4.79 Å². The fourth-order valence-electron chi connectivity index (χ4n) is 3.53. The molecule has 0 saturated carbocycles. The number of nitrogens with zero attached hydrogens (tertiary/aromatic N) is 3. The van der Waals surface area contributed by atoms with Crippen LogP contribution in [0.25, 0.3) is 0 Å². The van der Waals surface area contributed by atoms with Gasteiger partial charge in [0, 0.05) is 48.8 Å². The fourth-order valence-corrected chi connectivity index (χ4v) is 3.53. The minimum atomic E-state index is 0.0794. The highest BCUT2D eigenvalue weighted by molar-refractivity contribution is 5.25.